The Morgan fingerprint density at radius 2 is 2.00 bits per heavy atom. The predicted octanol–water partition coefficient (Wildman–Crippen LogP) is -0.569. The minimum Gasteiger partial charge on any atom is -0.480 e. The van der Waals surface area contributed by atoms with Crippen LogP contribution in [0.25, 0.3) is 0 Å². The molecule has 3 N–H and O–H groups in total. The molecule has 1 rings (SSSR count). The second-order valence-corrected chi connectivity index (χ2v) is 3.92. The van der Waals surface area contributed by atoms with Crippen molar-refractivity contribution in [3.63, 3.8) is 0 Å². The van der Waals surface area contributed by atoms with Crippen LogP contribution >= 0.6 is 0 Å². The average molecular weight is 200 g/mol. The lowest BCUT2D eigenvalue weighted by Gasteiger charge is -2.28. The molecule has 0 aliphatic carbocycles. The summed E-state index contributed by atoms with van der Waals surface area (Å²) >= 11 is 0. The molecule has 1 fully saturated rings. The molecule has 5 heteroatoms. The second-order valence-electron chi connectivity index (χ2n) is 3.92. The van der Waals surface area contributed by atoms with Gasteiger partial charge in [0, 0.05) is 13.1 Å². The van der Waals surface area contributed by atoms with Crippen molar-refractivity contribution in [2.24, 2.45) is 11.8 Å². The fourth-order valence-electron chi connectivity index (χ4n) is 1.26. The monoisotopic (exact) mass is 200 g/mol. The summed E-state index contributed by atoms with van der Waals surface area (Å²) in [5.41, 5.74) is 0. The van der Waals surface area contributed by atoms with Gasteiger partial charge in [0.15, 0.2) is 0 Å². The summed E-state index contributed by atoms with van der Waals surface area (Å²) in [6, 6.07) is -0.775. The second kappa shape index (κ2) is 4.41. The Bertz CT molecular complexity index is 236. The molecule has 80 valence electrons. The molecule has 1 unspecified atom stereocenters. The highest BCUT2D eigenvalue weighted by molar-refractivity contribution is 5.85. The number of hydrogen-bond donors (Lipinski definition) is 3. The Kier molecular flexibility index (Phi) is 3.46. The van der Waals surface area contributed by atoms with Crippen LogP contribution < -0.4 is 10.6 Å². The lowest BCUT2D eigenvalue weighted by atomic mass is 9.99. The molecule has 1 saturated heterocycles. The largest absolute Gasteiger partial charge is 0.480 e. The smallest absolute Gasteiger partial charge is 0.326 e. The molecule has 1 amide bonds. The first-order valence-corrected chi connectivity index (χ1v) is 4.76. The fourth-order valence-corrected chi connectivity index (χ4v) is 1.26. The Morgan fingerprint density at radius 3 is 2.29 bits per heavy atom. The van der Waals surface area contributed by atoms with Crippen molar-refractivity contribution in [3.8, 4) is 0 Å². The van der Waals surface area contributed by atoms with Crippen LogP contribution in [0.5, 0.6) is 0 Å². The van der Waals surface area contributed by atoms with Gasteiger partial charge in [-0.05, 0) is 5.92 Å². The minimum atomic E-state index is -0.972. The third kappa shape index (κ3) is 2.45. The van der Waals surface area contributed by atoms with Crippen molar-refractivity contribution in [3.05, 3.63) is 0 Å². The molecule has 0 radical (unpaired) electrons. The molecule has 1 aliphatic rings. The van der Waals surface area contributed by atoms with Crippen molar-refractivity contribution in [2.75, 3.05) is 13.1 Å². The number of nitrogens with one attached hydrogen (secondary N) is 2. The van der Waals surface area contributed by atoms with Crippen molar-refractivity contribution >= 4 is 11.9 Å². The summed E-state index contributed by atoms with van der Waals surface area (Å²) in [7, 11) is 0. The van der Waals surface area contributed by atoms with E-state index in [-0.39, 0.29) is 17.7 Å². The number of rotatable bonds is 4. The van der Waals surface area contributed by atoms with Crippen LogP contribution in [0.1, 0.15) is 13.8 Å². The van der Waals surface area contributed by atoms with Gasteiger partial charge in [-0.3, -0.25) is 4.79 Å². The summed E-state index contributed by atoms with van der Waals surface area (Å²) in [6.45, 7) is 4.85. The van der Waals surface area contributed by atoms with E-state index in [4.69, 9.17) is 5.11 Å². The Balaban J connectivity index is 2.46. The first-order chi connectivity index (χ1) is 6.52. The topological polar surface area (TPSA) is 78.4 Å². The van der Waals surface area contributed by atoms with E-state index in [9.17, 15) is 9.59 Å². The normalized spacial score (nSPS) is 18.8. The van der Waals surface area contributed by atoms with Crippen LogP contribution in [0.15, 0.2) is 0 Å². The number of carboxylic acid groups (broad SMARTS) is 1. The summed E-state index contributed by atoms with van der Waals surface area (Å²) in [5.74, 6) is -1.29. The third-order valence-corrected chi connectivity index (χ3v) is 2.38. The molecular formula is C9H16N2O3. The fraction of sp³-hybridized carbons (Fsp3) is 0.778. The van der Waals surface area contributed by atoms with Crippen molar-refractivity contribution in [1.29, 1.82) is 0 Å². The van der Waals surface area contributed by atoms with Gasteiger partial charge in [0.1, 0.15) is 6.04 Å². The van der Waals surface area contributed by atoms with Crippen LogP contribution in [0.4, 0.5) is 0 Å². The zero-order valence-corrected chi connectivity index (χ0v) is 8.41. The maximum atomic E-state index is 11.4. The van der Waals surface area contributed by atoms with Gasteiger partial charge in [-0.25, -0.2) is 4.79 Å². The summed E-state index contributed by atoms with van der Waals surface area (Å²) in [6.07, 6.45) is 0. The zero-order chi connectivity index (χ0) is 10.7. The standard InChI is InChI=1S/C9H16N2O3/c1-5(2)7(9(13)14)11-8(12)6-3-10-4-6/h5-7,10H,3-4H2,1-2H3,(H,11,12)(H,13,14). The molecule has 0 aromatic carbocycles. The first-order valence-electron chi connectivity index (χ1n) is 4.76. The lowest BCUT2D eigenvalue weighted by molar-refractivity contribution is -0.144. The summed E-state index contributed by atoms with van der Waals surface area (Å²) in [5, 5.41) is 14.3. The van der Waals surface area contributed by atoms with Gasteiger partial charge in [0.25, 0.3) is 0 Å². The van der Waals surface area contributed by atoms with Gasteiger partial charge in [-0.1, -0.05) is 13.8 Å². The minimum absolute atomic E-state index is 0.0596. The molecule has 1 atom stereocenters. The number of amides is 1. The number of carboxylic acids is 1. The van der Waals surface area contributed by atoms with Gasteiger partial charge in [-0.2, -0.15) is 0 Å². The van der Waals surface area contributed by atoms with Crippen molar-refractivity contribution in [1.82, 2.24) is 10.6 Å². The van der Waals surface area contributed by atoms with Crippen molar-refractivity contribution in [2.45, 2.75) is 19.9 Å². The van der Waals surface area contributed by atoms with E-state index >= 15 is 0 Å². The molecule has 14 heavy (non-hydrogen) atoms. The van der Waals surface area contributed by atoms with E-state index in [1.165, 1.54) is 0 Å². The van der Waals surface area contributed by atoms with Crippen LogP contribution in [0.3, 0.4) is 0 Å². The van der Waals surface area contributed by atoms with Gasteiger partial charge in [0.2, 0.25) is 5.91 Å². The molecule has 0 bridgehead atoms. The van der Waals surface area contributed by atoms with E-state index in [1.54, 1.807) is 13.8 Å². The van der Waals surface area contributed by atoms with Gasteiger partial charge in [0.05, 0.1) is 5.92 Å². The molecular weight excluding hydrogens is 184 g/mol. The molecule has 0 spiro atoms. The number of carbonyl (C=O) groups excluding carboxylic acids is 1. The Hall–Kier alpha value is -1.10. The molecule has 0 aromatic heterocycles. The predicted molar refractivity (Wildman–Crippen MR) is 50.8 cm³/mol. The van der Waals surface area contributed by atoms with E-state index in [0.29, 0.717) is 13.1 Å². The van der Waals surface area contributed by atoms with E-state index in [2.05, 4.69) is 10.6 Å². The highest BCUT2D eigenvalue weighted by Crippen LogP contribution is 2.06. The molecule has 0 saturated carbocycles. The number of aliphatic carboxylic acids is 1. The third-order valence-electron chi connectivity index (χ3n) is 2.38. The Morgan fingerprint density at radius 1 is 1.43 bits per heavy atom. The average Bonchev–Trinajstić information content (AvgIpc) is 1.95. The van der Waals surface area contributed by atoms with E-state index in [1.807, 2.05) is 0 Å². The SMILES string of the molecule is CC(C)C(NC(=O)C1CNC1)C(=O)O. The number of carbonyl (C=O) groups is 2. The van der Waals surface area contributed by atoms with Gasteiger partial charge in [-0.15, -0.1) is 0 Å². The Labute approximate surface area is 82.9 Å². The summed E-state index contributed by atoms with van der Waals surface area (Å²) < 4.78 is 0. The quantitative estimate of drug-likeness (QED) is 0.568. The van der Waals surface area contributed by atoms with Crippen LogP contribution in [0, 0.1) is 11.8 Å². The van der Waals surface area contributed by atoms with Crippen LogP contribution in [-0.2, 0) is 9.59 Å². The number of hydrogen-bond acceptors (Lipinski definition) is 3. The molecule has 0 aromatic rings. The maximum Gasteiger partial charge on any atom is 0.326 e. The van der Waals surface area contributed by atoms with Crippen LogP contribution in [-0.4, -0.2) is 36.1 Å². The highest BCUT2D eigenvalue weighted by Gasteiger charge is 2.30. The van der Waals surface area contributed by atoms with Gasteiger partial charge < -0.3 is 15.7 Å². The van der Waals surface area contributed by atoms with Gasteiger partial charge >= 0.3 is 5.97 Å². The summed E-state index contributed by atoms with van der Waals surface area (Å²) in [4.78, 5) is 22.2. The molecule has 1 aliphatic heterocycles. The highest BCUT2D eigenvalue weighted by atomic mass is 16.4. The van der Waals surface area contributed by atoms with E-state index in [0.717, 1.165) is 0 Å². The first kappa shape index (κ1) is 11.0. The van der Waals surface area contributed by atoms with Crippen LogP contribution in [0.2, 0.25) is 0 Å². The maximum absolute atomic E-state index is 11.4. The van der Waals surface area contributed by atoms with Crippen molar-refractivity contribution < 1.29 is 14.7 Å². The zero-order valence-electron chi connectivity index (χ0n) is 8.41. The molecule has 5 nitrogen and oxygen atoms in total. The molecule has 1 heterocycles. The lowest BCUT2D eigenvalue weighted by Crippen LogP contribution is -2.55. The van der Waals surface area contributed by atoms with E-state index < -0.39 is 12.0 Å².